The van der Waals surface area contributed by atoms with Crippen LogP contribution in [-0.2, 0) is 0 Å². The highest BCUT2D eigenvalue weighted by Crippen LogP contribution is 2.25. The Morgan fingerprint density at radius 2 is 1.56 bits per heavy atom. The minimum Gasteiger partial charge on any atom is -0.295 e. The first-order chi connectivity index (χ1) is 8.59. The van der Waals surface area contributed by atoms with Gasteiger partial charge < -0.3 is 0 Å². The zero-order valence-corrected chi connectivity index (χ0v) is 10.6. The van der Waals surface area contributed by atoms with E-state index in [9.17, 15) is 9.59 Å². The molecule has 0 amide bonds. The third kappa shape index (κ3) is 2.49. The van der Waals surface area contributed by atoms with Crippen molar-refractivity contribution in [1.29, 1.82) is 0 Å². The SMILES string of the molecule is CC(=O)c1ccc(-c2ccccc2C(=O)Cl)cc1. The van der Waals surface area contributed by atoms with Crippen LogP contribution < -0.4 is 0 Å². The van der Waals surface area contributed by atoms with E-state index in [4.69, 9.17) is 11.6 Å². The molecule has 0 aliphatic rings. The largest absolute Gasteiger partial charge is 0.295 e. The van der Waals surface area contributed by atoms with Crippen molar-refractivity contribution >= 4 is 22.6 Å². The first-order valence-electron chi connectivity index (χ1n) is 5.50. The molecule has 0 N–H and O–H groups in total. The van der Waals surface area contributed by atoms with Crippen LogP contribution in [0.15, 0.2) is 48.5 Å². The quantitative estimate of drug-likeness (QED) is 0.617. The number of carbonyl (C=O) groups is 2. The molecule has 0 unspecified atom stereocenters. The smallest absolute Gasteiger partial charge is 0.253 e. The number of carbonyl (C=O) groups excluding carboxylic acids is 2. The summed E-state index contributed by atoms with van der Waals surface area (Å²) in [6.07, 6.45) is 0. The standard InChI is InChI=1S/C15H11ClO2/c1-10(17)11-6-8-12(9-7-11)13-4-2-3-5-14(13)15(16)18/h2-9H,1H3. The van der Waals surface area contributed by atoms with Crippen LogP contribution in [0.3, 0.4) is 0 Å². The maximum absolute atomic E-state index is 11.3. The molecule has 0 spiro atoms. The number of hydrogen-bond donors (Lipinski definition) is 0. The second-order valence-electron chi connectivity index (χ2n) is 3.95. The van der Waals surface area contributed by atoms with Crippen molar-refractivity contribution < 1.29 is 9.59 Å². The van der Waals surface area contributed by atoms with Gasteiger partial charge in [-0.25, -0.2) is 0 Å². The molecule has 0 aromatic heterocycles. The van der Waals surface area contributed by atoms with Crippen LogP contribution in [0.4, 0.5) is 0 Å². The molecular formula is C15H11ClO2. The van der Waals surface area contributed by atoms with Gasteiger partial charge in [0.2, 0.25) is 0 Å². The van der Waals surface area contributed by atoms with Crippen molar-refractivity contribution in [3.63, 3.8) is 0 Å². The summed E-state index contributed by atoms with van der Waals surface area (Å²) in [5.41, 5.74) is 2.75. The molecule has 90 valence electrons. The summed E-state index contributed by atoms with van der Waals surface area (Å²) >= 11 is 5.55. The van der Waals surface area contributed by atoms with Crippen LogP contribution in [0.5, 0.6) is 0 Å². The van der Waals surface area contributed by atoms with E-state index < -0.39 is 5.24 Å². The molecule has 0 heterocycles. The van der Waals surface area contributed by atoms with E-state index in [1.807, 2.05) is 24.3 Å². The van der Waals surface area contributed by atoms with Gasteiger partial charge in [-0.15, -0.1) is 0 Å². The highest BCUT2D eigenvalue weighted by Gasteiger charge is 2.10. The Balaban J connectivity index is 2.49. The maximum atomic E-state index is 11.3. The molecule has 0 saturated carbocycles. The number of Topliss-reactive ketones (excluding diaryl/α,β-unsaturated/α-hetero) is 1. The molecule has 0 fully saturated rings. The average Bonchev–Trinajstić information content (AvgIpc) is 2.39. The normalized spacial score (nSPS) is 10.1. The Bertz CT molecular complexity index is 600. The summed E-state index contributed by atoms with van der Waals surface area (Å²) in [6.45, 7) is 1.52. The molecule has 0 bridgehead atoms. The monoisotopic (exact) mass is 258 g/mol. The van der Waals surface area contributed by atoms with Gasteiger partial charge in [-0.2, -0.15) is 0 Å². The fourth-order valence-corrected chi connectivity index (χ4v) is 1.96. The van der Waals surface area contributed by atoms with Crippen molar-refractivity contribution in [2.24, 2.45) is 0 Å². The Morgan fingerprint density at radius 1 is 0.944 bits per heavy atom. The minimum absolute atomic E-state index is 0.0169. The van der Waals surface area contributed by atoms with Gasteiger partial charge in [0.05, 0.1) is 0 Å². The lowest BCUT2D eigenvalue weighted by molar-refractivity contribution is 0.101. The molecule has 2 aromatic rings. The maximum Gasteiger partial charge on any atom is 0.253 e. The zero-order valence-electron chi connectivity index (χ0n) is 9.81. The summed E-state index contributed by atoms with van der Waals surface area (Å²) in [7, 11) is 0. The van der Waals surface area contributed by atoms with Gasteiger partial charge in [0, 0.05) is 11.1 Å². The van der Waals surface area contributed by atoms with Crippen LogP contribution in [-0.4, -0.2) is 11.0 Å². The third-order valence-electron chi connectivity index (χ3n) is 2.74. The Kier molecular flexibility index (Phi) is 3.58. The second-order valence-corrected chi connectivity index (χ2v) is 4.30. The van der Waals surface area contributed by atoms with Gasteiger partial charge >= 0.3 is 0 Å². The fraction of sp³-hybridized carbons (Fsp3) is 0.0667. The Hall–Kier alpha value is -1.93. The van der Waals surface area contributed by atoms with E-state index in [-0.39, 0.29) is 5.78 Å². The van der Waals surface area contributed by atoms with Gasteiger partial charge in [0.25, 0.3) is 5.24 Å². The molecule has 3 heteroatoms. The molecule has 0 atom stereocenters. The van der Waals surface area contributed by atoms with Crippen molar-refractivity contribution in [2.75, 3.05) is 0 Å². The third-order valence-corrected chi connectivity index (χ3v) is 2.94. The number of halogens is 1. The van der Waals surface area contributed by atoms with E-state index in [2.05, 4.69) is 0 Å². The van der Waals surface area contributed by atoms with E-state index in [1.54, 1.807) is 24.3 Å². The van der Waals surface area contributed by atoms with Crippen molar-refractivity contribution in [1.82, 2.24) is 0 Å². The highest BCUT2D eigenvalue weighted by molar-refractivity contribution is 6.68. The lowest BCUT2D eigenvalue weighted by Gasteiger charge is -2.06. The summed E-state index contributed by atoms with van der Waals surface area (Å²) in [5.74, 6) is 0.0169. The van der Waals surface area contributed by atoms with E-state index in [0.717, 1.165) is 11.1 Å². The fourth-order valence-electron chi connectivity index (χ4n) is 1.79. The van der Waals surface area contributed by atoms with Crippen LogP contribution in [0.1, 0.15) is 27.6 Å². The molecule has 0 aliphatic heterocycles. The summed E-state index contributed by atoms with van der Waals surface area (Å²) in [5, 5.41) is -0.485. The van der Waals surface area contributed by atoms with Crippen molar-refractivity contribution in [3.05, 3.63) is 59.7 Å². The molecule has 0 aliphatic carbocycles. The second kappa shape index (κ2) is 5.15. The number of hydrogen-bond acceptors (Lipinski definition) is 2. The van der Waals surface area contributed by atoms with Gasteiger partial charge in [-0.3, -0.25) is 9.59 Å². The topological polar surface area (TPSA) is 34.1 Å². The van der Waals surface area contributed by atoms with Gasteiger partial charge in [-0.05, 0) is 35.7 Å². The Morgan fingerprint density at radius 3 is 2.11 bits per heavy atom. The first-order valence-corrected chi connectivity index (χ1v) is 5.87. The van der Waals surface area contributed by atoms with Crippen LogP contribution in [0, 0.1) is 0 Å². The average molecular weight is 259 g/mol. The molecule has 0 radical (unpaired) electrons. The molecule has 18 heavy (non-hydrogen) atoms. The molecular weight excluding hydrogens is 248 g/mol. The van der Waals surface area contributed by atoms with Crippen LogP contribution >= 0.6 is 11.6 Å². The highest BCUT2D eigenvalue weighted by atomic mass is 35.5. The van der Waals surface area contributed by atoms with E-state index in [1.165, 1.54) is 6.92 Å². The first kappa shape index (κ1) is 12.5. The summed E-state index contributed by atoms with van der Waals surface area (Å²) < 4.78 is 0. The zero-order chi connectivity index (χ0) is 13.1. The van der Waals surface area contributed by atoms with Crippen molar-refractivity contribution in [3.8, 4) is 11.1 Å². The van der Waals surface area contributed by atoms with Gasteiger partial charge in [-0.1, -0.05) is 42.5 Å². The predicted molar refractivity (Wildman–Crippen MR) is 72.1 cm³/mol. The van der Waals surface area contributed by atoms with Crippen LogP contribution in [0.2, 0.25) is 0 Å². The molecule has 2 rings (SSSR count). The number of benzene rings is 2. The number of ketones is 1. The van der Waals surface area contributed by atoms with Gasteiger partial charge in [0.1, 0.15) is 0 Å². The summed E-state index contributed by atoms with van der Waals surface area (Å²) in [4.78, 5) is 22.5. The molecule has 2 nitrogen and oxygen atoms in total. The van der Waals surface area contributed by atoms with E-state index >= 15 is 0 Å². The Labute approximate surface area is 110 Å². The lowest BCUT2D eigenvalue weighted by Crippen LogP contribution is -1.94. The van der Waals surface area contributed by atoms with Crippen molar-refractivity contribution in [2.45, 2.75) is 6.92 Å². The van der Waals surface area contributed by atoms with E-state index in [0.29, 0.717) is 11.1 Å². The molecule has 0 saturated heterocycles. The van der Waals surface area contributed by atoms with Crippen LogP contribution in [0.25, 0.3) is 11.1 Å². The number of rotatable bonds is 3. The predicted octanol–water partition coefficient (Wildman–Crippen LogP) is 3.94. The summed E-state index contributed by atoms with van der Waals surface area (Å²) in [6, 6.07) is 14.2. The lowest BCUT2D eigenvalue weighted by atomic mass is 9.99. The minimum atomic E-state index is -0.485. The van der Waals surface area contributed by atoms with Gasteiger partial charge in [0.15, 0.2) is 5.78 Å². The molecule has 2 aromatic carbocycles.